The second-order valence-corrected chi connectivity index (χ2v) is 5.20. The number of rotatable bonds is 4. The number of nitrogens with zero attached hydrogens (tertiary/aromatic N) is 1. The lowest BCUT2D eigenvalue weighted by molar-refractivity contribution is 0.193. The van der Waals surface area contributed by atoms with Crippen molar-refractivity contribution in [1.82, 2.24) is 4.90 Å². The molecular formula is C15H24N2O. The number of ether oxygens (including phenoxy) is 1. The summed E-state index contributed by atoms with van der Waals surface area (Å²) in [4.78, 5) is 2.47. The van der Waals surface area contributed by atoms with Crippen LogP contribution in [0, 0.1) is 0 Å². The van der Waals surface area contributed by atoms with Crippen molar-refractivity contribution in [1.29, 1.82) is 0 Å². The zero-order chi connectivity index (χ0) is 13.1. The first kappa shape index (κ1) is 13.4. The zero-order valence-corrected chi connectivity index (χ0v) is 11.6. The van der Waals surface area contributed by atoms with Crippen molar-refractivity contribution in [2.45, 2.75) is 45.3 Å². The lowest BCUT2D eigenvalue weighted by Gasteiger charge is -2.31. The molecule has 1 fully saturated rings. The van der Waals surface area contributed by atoms with E-state index in [0.717, 1.165) is 18.7 Å². The van der Waals surface area contributed by atoms with Gasteiger partial charge in [0, 0.05) is 24.2 Å². The van der Waals surface area contributed by atoms with Gasteiger partial charge >= 0.3 is 0 Å². The molecule has 0 saturated carbocycles. The Balaban J connectivity index is 2.33. The maximum atomic E-state index is 6.31. The van der Waals surface area contributed by atoms with Crippen molar-refractivity contribution in [3.63, 3.8) is 0 Å². The molecule has 0 aliphatic carbocycles. The average molecular weight is 248 g/mol. The molecule has 2 rings (SSSR count). The molecule has 1 heterocycles. The summed E-state index contributed by atoms with van der Waals surface area (Å²) in [6, 6.07) is 9.29. The minimum Gasteiger partial charge on any atom is -0.494 e. The van der Waals surface area contributed by atoms with Gasteiger partial charge in [0.05, 0.1) is 12.6 Å². The number of likely N-dealkylation sites (tertiary alicyclic amines) is 1. The van der Waals surface area contributed by atoms with E-state index >= 15 is 0 Å². The van der Waals surface area contributed by atoms with Crippen molar-refractivity contribution in [3.8, 4) is 5.75 Å². The maximum Gasteiger partial charge on any atom is 0.124 e. The van der Waals surface area contributed by atoms with Crippen LogP contribution in [-0.2, 0) is 0 Å². The van der Waals surface area contributed by atoms with E-state index in [1.54, 1.807) is 0 Å². The van der Waals surface area contributed by atoms with E-state index in [-0.39, 0.29) is 12.1 Å². The third kappa shape index (κ3) is 2.52. The molecule has 0 amide bonds. The Morgan fingerprint density at radius 3 is 2.78 bits per heavy atom. The van der Waals surface area contributed by atoms with Gasteiger partial charge in [0.2, 0.25) is 0 Å². The molecule has 1 aromatic carbocycles. The highest BCUT2D eigenvalue weighted by atomic mass is 16.5. The van der Waals surface area contributed by atoms with Crippen LogP contribution in [0.3, 0.4) is 0 Å². The third-order valence-electron chi connectivity index (χ3n) is 3.68. The predicted octanol–water partition coefficient (Wildman–Crippen LogP) is 2.57. The van der Waals surface area contributed by atoms with Gasteiger partial charge in [0.15, 0.2) is 0 Å². The molecule has 1 saturated heterocycles. The largest absolute Gasteiger partial charge is 0.494 e. The molecule has 3 heteroatoms. The highest BCUT2D eigenvalue weighted by Gasteiger charge is 2.35. The maximum absolute atomic E-state index is 6.31. The highest BCUT2D eigenvalue weighted by molar-refractivity contribution is 5.37. The Morgan fingerprint density at radius 1 is 1.39 bits per heavy atom. The van der Waals surface area contributed by atoms with Crippen molar-refractivity contribution >= 4 is 0 Å². The fourth-order valence-electron chi connectivity index (χ4n) is 2.84. The summed E-state index contributed by atoms with van der Waals surface area (Å²) in [5, 5.41) is 0. The molecule has 1 aromatic rings. The van der Waals surface area contributed by atoms with Crippen LogP contribution < -0.4 is 10.5 Å². The summed E-state index contributed by atoms with van der Waals surface area (Å²) in [7, 11) is 0. The molecule has 1 aliphatic rings. The lowest BCUT2D eigenvalue weighted by Crippen LogP contribution is -2.36. The molecule has 100 valence electrons. The van der Waals surface area contributed by atoms with E-state index < -0.39 is 0 Å². The van der Waals surface area contributed by atoms with Crippen LogP contribution >= 0.6 is 0 Å². The average Bonchev–Trinajstić information content (AvgIpc) is 2.72. The van der Waals surface area contributed by atoms with Crippen LogP contribution in [0.15, 0.2) is 24.3 Å². The number of para-hydroxylation sites is 1. The van der Waals surface area contributed by atoms with Crippen LogP contribution in [0.4, 0.5) is 0 Å². The predicted molar refractivity (Wildman–Crippen MR) is 74.8 cm³/mol. The summed E-state index contributed by atoms with van der Waals surface area (Å²) in [6.45, 7) is 8.25. The quantitative estimate of drug-likeness (QED) is 0.890. The first-order valence-electron chi connectivity index (χ1n) is 6.88. The zero-order valence-electron chi connectivity index (χ0n) is 11.6. The van der Waals surface area contributed by atoms with Crippen molar-refractivity contribution in [3.05, 3.63) is 29.8 Å². The normalized spacial score (nSPS) is 24.7. The molecule has 0 bridgehead atoms. The van der Waals surface area contributed by atoms with Crippen LogP contribution in [0.5, 0.6) is 5.75 Å². The van der Waals surface area contributed by atoms with E-state index in [4.69, 9.17) is 10.5 Å². The van der Waals surface area contributed by atoms with Crippen LogP contribution in [0.25, 0.3) is 0 Å². The molecule has 2 atom stereocenters. The number of hydrogen-bond donors (Lipinski definition) is 1. The SMILES string of the molecule is CCOc1ccccc1C1C(N)CCN1C(C)C. The molecule has 1 aliphatic heterocycles. The van der Waals surface area contributed by atoms with E-state index in [0.29, 0.717) is 12.6 Å². The van der Waals surface area contributed by atoms with Gasteiger partial charge in [-0.2, -0.15) is 0 Å². The number of nitrogens with two attached hydrogens (primary N) is 1. The van der Waals surface area contributed by atoms with E-state index in [1.165, 1.54) is 5.56 Å². The van der Waals surface area contributed by atoms with Gasteiger partial charge in [-0.3, -0.25) is 4.90 Å². The van der Waals surface area contributed by atoms with Gasteiger partial charge in [-0.15, -0.1) is 0 Å². The lowest BCUT2D eigenvalue weighted by atomic mass is 9.99. The van der Waals surface area contributed by atoms with Gasteiger partial charge in [0.1, 0.15) is 5.75 Å². The van der Waals surface area contributed by atoms with E-state index in [9.17, 15) is 0 Å². The van der Waals surface area contributed by atoms with Crippen molar-refractivity contribution in [2.24, 2.45) is 5.73 Å². The van der Waals surface area contributed by atoms with E-state index in [1.807, 2.05) is 19.1 Å². The summed E-state index contributed by atoms with van der Waals surface area (Å²) in [5.41, 5.74) is 7.54. The summed E-state index contributed by atoms with van der Waals surface area (Å²) in [6.07, 6.45) is 1.06. The minimum atomic E-state index is 0.203. The Labute approximate surface area is 110 Å². The standard InChI is InChI=1S/C15H24N2O/c1-4-18-14-8-6-5-7-12(14)15-13(16)9-10-17(15)11(2)3/h5-8,11,13,15H,4,9-10,16H2,1-3H3. The van der Waals surface area contributed by atoms with Gasteiger partial charge in [0.25, 0.3) is 0 Å². The minimum absolute atomic E-state index is 0.203. The molecule has 0 spiro atoms. The topological polar surface area (TPSA) is 38.5 Å². The summed E-state index contributed by atoms with van der Waals surface area (Å²) >= 11 is 0. The van der Waals surface area contributed by atoms with Crippen LogP contribution in [0.2, 0.25) is 0 Å². The Kier molecular flexibility index (Phi) is 4.25. The first-order valence-corrected chi connectivity index (χ1v) is 6.88. The van der Waals surface area contributed by atoms with Crippen LogP contribution in [0.1, 0.15) is 38.8 Å². The van der Waals surface area contributed by atoms with Gasteiger partial charge in [-0.05, 0) is 33.3 Å². The number of hydrogen-bond acceptors (Lipinski definition) is 3. The van der Waals surface area contributed by atoms with Gasteiger partial charge < -0.3 is 10.5 Å². The molecule has 18 heavy (non-hydrogen) atoms. The van der Waals surface area contributed by atoms with Gasteiger partial charge in [-0.1, -0.05) is 18.2 Å². The van der Waals surface area contributed by atoms with E-state index in [2.05, 4.69) is 30.9 Å². The fraction of sp³-hybridized carbons (Fsp3) is 0.600. The molecular weight excluding hydrogens is 224 g/mol. The third-order valence-corrected chi connectivity index (χ3v) is 3.68. The van der Waals surface area contributed by atoms with Gasteiger partial charge in [-0.25, -0.2) is 0 Å². The van der Waals surface area contributed by atoms with Crippen molar-refractivity contribution < 1.29 is 4.74 Å². The Bertz CT molecular complexity index is 392. The molecule has 3 nitrogen and oxygen atoms in total. The van der Waals surface area contributed by atoms with Crippen LogP contribution in [-0.4, -0.2) is 30.1 Å². The second kappa shape index (κ2) is 5.72. The monoisotopic (exact) mass is 248 g/mol. The smallest absolute Gasteiger partial charge is 0.124 e. The number of benzene rings is 1. The molecule has 0 radical (unpaired) electrons. The Morgan fingerprint density at radius 2 is 2.11 bits per heavy atom. The fourth-order valence-corrected chi connectivity index (χ4v) is 2.84. The molecule has 2 unspecified atom stereocenters. The highest BCUT2D eigenvalue weighted by Crippen LogP contribution is 2.37. The van der Waals surface area contributed by atoms with Crippen molar-refractivity contribution in [2.75, 3.05) is 13.2 Å². The second-order valence-electron chi connectivity index (χ2n) is 5.20. The summed E-state index contributed by atoms with van der Waals surface area (Å²) < 4.78 is 5.74. The molecule has 0 aromatic heterocycles. The Hall–Kier alpha value is -1.06. The first-order chi connectivity index (χ1) is 8.65. The summed E-state index contributed by atoms with van der Waals surface area (Å²) in [5.74, 6) is 0.980. The molecule has 2 N–H and O–H groups in total.